The number of imidazole rings is 1. The van der Waals surface area contributed by atoms with Gasteiger partial charge in [0, 0.05) is 10.7 Å². The second kappa shape index (κ2) is 2.30. The van der Waals surface area contributed by atoms with Crippen LogP contribution in [0.4, 0.5) is 4.39 Å². The summed E-state index contributed by atoms with van der Waals surface area (Å²) in [4.78, 5) is 3.84. The van der Waals surface area contributed by atoms with Gasteiger partial charge in [0.15, 0.2) is 0 Å². The minimum Gasteiger partial charge on any atom is -0.276 e. The molecule has 0 fully saturated rings. The van der Waals surface area contributed by atoms with Gasteiger partial charge in [-0.3, -0.25) is 4.40 Å². The molecule has 0 N–H and O–H groups in total. The van der Waals surface area contributed by atoms with Crippen molar-refractivity contribution in [2.45, 2.75) is 0 Å². The van der Waals surface area contributed by atoms with Crippen molar-refractivity contribution in [1.82, 2.24) is 9.38 Å². The molecule has 0 spiro atoms. The van der Waals surface area contributed by atoms with Crippen molar-refractivity contribution in [2.75, 3.05) is 0 Å². The highest BCUT2D eigenvalue weighted by Crippen LogP contribution is 2.12. The molecule has 11 heavy (non-hydrogen) atoms. The van der Waals surface area contributed by atoms with Crippen LogP contribution in [0.15, 0.2) is 29.0 Å². The average Bonchev–Trinajstić information content (AvgIpc) is 2.32. The first kappa shape index (κ1) is 6.79. The molecule has 2 rings (SSSR count). The van der Waals surface area contributed by atoms with Gasteiger partial charge in [-0.15, -0.1) is 0 Å². The highest BCUT2D eigenvalue weighted by atomic mass is 79.9. The lowest BCUT2D eigenvalue weighted by molar-refractivity contribution is 0.573. The van der Waals surface area contributed by atoms with Crippen LogP contribution < -0.4 is 0 Å². The quantitative estimate of drug-likeness (QED) is 0.658. The number of fused-ring (bicyclic) bond motifs is 1. The summed E-state index contributed by atoms with van der Waals surface area (Å²) in [5.41, 5.74) is 0.608. The highest BCUT2D eigenvalue weighted by molar-refractivity contribution is 9.10. The van der Waals surface area contributed by atoms with E-state index in [0.717, 1.165) is 4.47 Å². The Morgan fingerprint density at radius 1 is 1.55 bits per heavy atom. The molecule has 0 saturated heterocycles. The number of halogens is 2. The average molecular weight is 215 g/mol. The van der Waals surface area contributed by atoms with Crippen molar-refractivity contribution < 1.29 is 4.39 Å². The van der Waals surface area contributed by atoms with E-state index < -0.39 is 0 Å². The molecule has 0 aliphatic carbocycles. The number of hydrogen-bond acceptors (Lipinski definition) is 1. The van der Waals surface area contributed by atoms with E-state index in [-0.39, 0.29) is 5.95 Å². The van der Waals surface area contributed by atoms with Crippen molar-refractivity contribution in [3.63, 3.8) is 0 Å². The molecule has 0 radical (unpaired) electrons. The molecule has 0 bridgehead atoms. The van der Waals surface area contributed by atoms with Crippen LogP contribution in [0.25, 0.3) is 5.65 Å². The third kappa shape index (κ3) is 1.03. The van der Waals surface area contributed by atoms with Crippen LogP contribution in [0.3, 0.4) is 0 Å². The number of nitrogens with zero attached hydrogens (tertiary/aromatic N) is 2. The van der Waals surface area contributed by atoms with Gasteiger partial charge in [-0.1, -0.05) is 15.9 Å². The van der Waals surface area contributed by atoms with E-state index in [1.54, 1.807) is 18.3 Å². The minimum atomic E-state index is -0.340. The van der Waals surface area contributed by atoms with Crippen LogP contribution >= 0.6 is 15.9 Å². The van der Waals surface area contributed by atoms with Gasteiger partial charge in [0.1, 0.15) is 5.65 Å². The van der Waals surface area contributed by atoms with Crippen molar-refractivity contribution in [3.8, 4) is 0 Å². The molecule has 0 unspecified atom stereocenters. The van der Waals surface area contributed by atoms with Gasteiger partial charge in [-0.25, -0.2) is 4.98 Å². The molecule has 0 aliphatic heterocycles. The zero-order chi connectivity index (χ0) is 7.84. The van der Waals surface area contributed by atoms with Crippen LogP contribution in [-0.2, 0) is 0 Å². The maximum absolute atomic E-state index is 12.8. The first-order chi connectivity index (χ1) is 5.27. The molecular weight excluding hydrogens is 211 g/mol. The summed E-state index contributed by atoms with van der Waals surface area (Å²) in [5, 5.41) is 0. The van der Waals surface area contributed by atoms with E-state index in [4.69, 9.17) is 0 Å². The number of aromatic nitrogens is 2. The monoisotopic (exact) mass is 214 g/mol. The van der Waals surface area contributed by atoms with Crippen molar-refractivity contribution in [2.24, 2.45) is 0 Å². The molecule has 0 atom stereocenters. The van der Waals surface area contributed by atoms with Crippen LogP contribution in [0.2, 0.25) is 0 Å². The molecule has 2 heterocycles. The second-order valence-corrected chi connectivity index (χ2v) is 3.07. The smallest absolute Gasteiger partial charge is 0.217 e. The van der Waals surface area contributed by atoms with Gasteiger partial charge in [0.25, 0.3) is 0 Å². The fraction of sp³-hybridized carbons (Fsp3) is 0. The zero-order valence-corrected chi connectivity index (χ0v) is 7.05. The Kier molecular flexibility index (Phi) is 1.42. The lowest BCUT2D eigenvalue weighted by Gasteiger charge is -1.92. The Labute approximate surface area is 70.8 Å². The molecular formula is C7H4BrFN2. The SMILES string of the molecule is Fc1cnc2cc(Br)ccn12. The van der Waals surface area contributed by atoms with E-state index in [1.165, 1.54) is 10.6 Å². The molecule has 2 aromatic heterocycles. The number of hydrogen-bond donors (Lipinski definition) is 0. The zero-order valence-electron chi connectivity index (χ0n) is 5.46. The van der Waals surface area contributed by atoms with Gasteiger partial charge in [0.2, 0.25) is 5.95 Å². The van der Waals surface area contributed by atoms with E-state index in [0.29, 0.717) is 5.65 Å². The Morgan fingerprint density at radius 3 is 3.18 bits per heavy atom. The fourth-order valence-electron chi connectivity index (χ4n) is 0.925. The topological polar surface area (TPSA) is 17.3 Å². The largest absolute Gasteiger partial charge is 0.276 e. The van der Waals surface area contributed by atoms with Gasteiger partial charge >= 0.3 is 0 Å². The van der Waals surface area contributed by atoms with Gasteiger partial charge in [-0.2, -0.15) is 4.39 Å². The Morgan fingerprint density at radius 2 is 2.36 bits per heavy atom. The maximum atomic E-state index is 12.8. The summed E-state index contributed by atoms with van der Waals surface area (Å²) in [6.45, 7) is 0. The van der Waals surface area contributed by atoms with Gasteiger partial charge in [0.05, 0.1) is 6.20 Å². The molecule has 0 amide bonds. The minimum absolute atomic E-state index is 0.340. The highest BCUT2D eigenvalue weighted by Gasteiger charge is 2.00. The summed E-state index contributed by atoms with van der Waals surface area (Å²) in [6, 6.07) is 3.51. The predicted molar refractivity (Wildman–Crippen MR) is 42.9 cm³/mol. The Hall–Kier alpha value is -0.900. The molecule has 0 aromatic carbocycles. The fourth-order valence-corrected chi connectivity index (χ4v) is 1.25. The molecule has 2 nitrogen and oxygen atoms in total. The van der Waals surface area contributed by atoms with Crippen molar-refractivity contribution in [3.05, 3.63) is 34.9 Å². The summed E-state index contributed by atoms with van der Waals surface area (Å²) in [5.74, 6) is -0.340. The Balaban J connectivity index is 2.86. The number of rotatable bonds is 0. The molecule has 4 heteroatoms. The van der Waals surface area contributed by atoms with Crippen LogP contribution in [-0.4, -0.2) is 9.38 Å². The first-order valence-electron chi connectivity index (χ1n) is 3.05. The van der Waals surface area contributed by atoms with Crippen molar-refractivity contribution in [1.29, 1.82) is 0 Å². The third-order valence-corrected chi connectivity index (χ3v) is 1.92. The summed E-state index contributed by atoms with van der Waals surface area (Å²) in [6.07, 6.45) is 2.82. The van der Waals surface area contributed by atoms with Crippen LogP contribution in [0.5, 0.6) is 0 Å². The van der Waals surface area contributed by atoms with Crippen LogP contribution in [0.1, 0.15) is 0 Å². The van der Waals surface area contributed by atoms with Gasteiger partial charge < -0.3 is 0 Å². The summed E-state index contributed by atoms with van der Waals surface area (Å²) < 4.78 is 15.0. The van der Waals surface area contributed by atoms with E-state index in [9.17, 15) is 4.39 Å². The summed E-state index contributed by atoms with van der Waals surface area (Å²) >= 11 is 3.27. The Bertz CT molecular complexity index is 396. The lowest BCUT2D eigenvalue weighted by atomic mass is 10.5. The first-order valence-corrected chi connectivity index (χ1v) is 3.85. The lowest BCUT2D eigenvalue weighted by Crippen LogP contribution is -1.85. The van der Waals surface area contributed by atoms with E-state index in [2.05, 4.69) is 20.9 Å². The second-order valence-electron chi connectivity index (χ2n) is 2.15. The molecule has 56 valence electrons. The molecule has 0 aliphatic rings. The molecule has 0 saturated carbocycles. The number of pyridine rings is 1. The standard InChI is InChI=1S/C7H4BrFN2/c8-5-1-2-11-6(9)4-10-7(11)3-5/h1-4H. The third-order valence-electron chi connectivity index (χ3n) is 1.43. The van der Waals surface area contributed by atoms with E-state index >= 15 is 0 Å². The predicted octanol–water partition coefficient (Wildman–Crippen LogP) is 2.24. The maximum Gasteiger partial charge on any atom is 0.217 e. The summed E-state index contributed by atoms with van der Waals surface area (Å²) in [7, 11) is 0. The normalized spacial score (nSPS) is 10.7. The van der Waals surface area contributed by atoms with Gasteiger partial charge in [-0.05, 0) is 12.1 Å². The molecule has 2 aromatic rings. The van der Waals surface area contributed by atoms with Crippen LogP contribution in [0, 0.1) is 5.95 Å². The van der Waals surface area contributed by atoms with E-state index in [1.807, 2.05) is 0 Å². The van der Waals surface area contributed by atoms with Crippen molar-refractivity contribution >= 4 is 21.6 Å².